The van der Waals surface area contributed by atoms with Crippen molar-refractivity contribution in [2.45, 2.75) is 6.42 Å². The van der Waals surface area contributed by atoms with E-state index in [1.54, 1.807) is 0 Å². The van der Waals surface area contributed by atoms with E-state index < -0.39 is 0 Å². The van der Waals surface area contributed by atoms with Gasteiger partial charge < -0.3 is 5.11 Å². The summed E-state index contributed by atoms with van der Waals surface area (Å²) < 4.78 is 0. The third-order valence-corrected chi connectivity index (χ3v) is 1.17. The van der Waals surface area contributed by atoms with Crippen LogP contribution < -0.4 is 0 Å². The maximum absolute atomic E-state index is 8.39. The van der Waals surface area contributed by atoms with Gasteiger partial charge in [0.25, 0.3) is 0 Å². The molecule has 0 aliphatic carbocycles. The van der Waals surface area contributed by atoms with Gasteiger partial charge in [0, 0.05) is 18.6 Å². The summed E-state index contributed by atoms with van der Waals surface area (Å²) in [6.07, 6.45) is 0.640. The fourth-order valence-electron chi connectivity index (χ4n) is 0.720. The van der Waals surface area contributed by atoms with E-state index in [0.29, 0.717) is 6.42 Å². The molecular formula is C8H9OV-. The van der Waals surface area contributed by atoms with E-state index in [0.717, 1.165) is 12.2 Å². The molecule has 1 radical (unpaired) electrons. The molecule has 0 atom stereocenters. The monoisotopic (exact) mass is 172 g/mol. The Kier molecular flexibility index (Phi) is 5.41. The van der Waals surface area contributed by atoms with E-state index >= 15 is 0 Å². The quantitative estimate of drug-likeness (QED) is 0.674. The van der Waals surface area contributed by atoms with Crippen molar-refractivity contribution in [3.05, 3.63) is 42.5 Å². The van der Waals surface area contributed by atoms with Crippen molar-refractivity contribution in [3.63, 3.8) is 0 Å². The average Bonchev–Trinajstić information content (AvgIpc) is 1.91. The molecule has 0 heterocycles. The van der Waals surface area contributed by atoms with Gasteiger partial charge in [-0.15, -0.1) is 6.42 Å². The molecular weight excluding hydrogens is 163 g/mol. The van der Waals surface area contributed by atoms with Gasteiger partial charge in [-0.3, -0.25) is 0 Å². The number of benzene rings is 1. The van der Waals surface area contributed by atoms with Crippen LogP contribution in [0.2, 0.25) is 0 Å². The Balaban J connectivity index is 0.000000810. The topological polar surface area (TPSA) is 20.2 Å². The van der Waals surface area contributed by atoms with Crippen molar-refractivity contribution in [2.24, 2.45) is 0 Å². The molecule has 1 nitrogen and oxygen atoms in total. The van der Waals surface area contributed by atoms with Gasteiger partial charge in [0.2, 0.25) is 0 Å². The summed E-state index contributed by atoms with van der Waals surface area (Å²) in [5.41, 5.74) is 1.14. The zero-order valence-electron chi connectivity index (χ0n) is 5.57. The SMILES string of the molecule is O[CH-]Cc1ccccc1.[V]. The molecule has 0 amide bonds. The second-order valence-corrected chi connectivity index (χ2v) is 1.87. The standard InChI is InChI=1S/C8H9O.V/c9-7-6-8-4-2-1-3-5-8;/h1-5,7,9H,6H2;/q-1;. The van der Waals surface area contributed by atoms with Gasteiger partial charge in [-0.05, 0) is 0 Å². The minimum absolute atomic E-state index is 0. The fourth-order valence-corrected chi connectivity index (χ4v) is 0.720. The smallest absolute Gasteiger partial charge is 0 e. The van der Waals surface area contributed by atoms with Crippen LogP contribution in [0.4, 0.5) is 0 Å². The van der Waals surface area contributed by atoms with Crippen molar-refractivity contribution in [3.8, 4) is 0 Å². The maximum Gasteiger partial charge on any atom is 0 e. The van der Waals surface area contributed by atoms with Crippen LogP contribution in [0.25, 0.3) is 0 Å². The van der Waals surface area contributed by atoms with Crippen LogP contribution in [0.15, 0.2) is 30.3 Å². The second kappa shape index (κ2) is 5.54. The molecule has 0 fully saturated rings. The number of hydrogen-bond acceptors (Lipinski definition) is 1. The largest absolute Gasteiger partial charge is 0.566 e. The van der Waals surface area contributed by atoms with E-state index in [1.165, 1.54) is 0 Å². The van der Waals surface area contributed by atoms with Crippen LogP contribution in [0.1, 0.15) is 5.56 Å². The fraction of sp³-hybridized carbons (Fsp3) is 0.125. The number of hydrogen-bond donors (Lipinski definition) is 1. The molecule has 1 N–H and O–H groups in total. The minimum atomic E-state index is 0. The van der Waals surface area contributed by atoms with Crippen LogP contribution in [-0.4, -0.2) is 5.11 Å². The molecule has 1 aromatic carbocycles. The van der Waals surface area contributed by atoms with Crippen molar-refractivity contribution in [1.29, 1.82) is 0 Å². The summed E-state index contributed by atoms with van der Waals surface area (Å²) in [4.78, 5) is 0. The van der Waals surface area contributed by atoms with E-state index in [-0.39, 0.29) is 18.6 Å². The zero-order chi connectivity index (χ0) is 6.53. The van der Waals surface area contributed by atoms with E-state index in [4.69, 9.17) is 5.11 Å². The Bertz CT molecular complexity index is 162. The molecule has 0 bridgehead atoms. The Morgan fingerprint density at radius 2 is 1.80 bits per heavy atom. The van der Waals surface area contributed by atoms with E-state index in [9.17, 15) is 0 Å². The summed E-state index contributed by atoms with van der Waals surface area (Å²) in [5.74, 6) is 0. The summed E-state index contributed by atoms with van der Waals surface area (Å²) in [5, 5.41) is 8.39. The second-order valence-electron chi connectivity index (χ2n) is 1.87. The Morgan fingerprint density at radius 3 is 2.30 bits per heavy atom. The Labute approximate surface area is 73.0 Å². The zero-order valence-corrected chi connectivity index (χ0v) is 6.96. The number of rotatable bonds is 2. The molecule has 0 aliphatic heterocycles. The summed E-state index contributed by atoms with van der Waals surface area (Å²) in [6, 6.07) is 9.83. The van der Waals surface area contributed by atoms with Gasteiger partial charge in [-0.25, -0.2) is 6.61 Å². The van der Waals surface area contributed by atoms with Crippen LogP contribution >= 0.6 is 0 Å². The average molecular weight is 172 g/mol. The molecule has 0 saturated carbocycles. The summed E-state index contributed by atoms with van der Waals surface area (Å²) in [7, 11) is 0. The number of aliphatic hydroxyl groups is 1. The van der Waals surface area contributed by atoms with Crippen LogP contribution in [0.3, 0.4) is 0 Å². The molecule has 0 aliphatic rings. The minimum Gasteiger partial charge on any atom is -0.566 e. The van der Waals surface area contributed by atoms with Gasteiger partial charge in [-0.1, -0.05) is 35.9 Å². The normalized spacial score (nSPS) is 8.50. The van der Waals surface area contributed by atoms with Crippen molar-refractivity contribution in [1.82, 2.24) is 0 Å². The molecule has 0 saturated heterocycles. The first-order chi connectivity index (χ1) is 4.43. The van der Waals surface area contributed by atoms with Crippen molar-refractivity contribution in [2.75, 3.05) is 0 Å². The third-order valence-electron chi connectivity index (χ3n) is 1.17. The predicted molar refractivity (Wildman–Crippen MR) is 36.4 cm³/mol. The Morgan fingerprint density at radius 1 is 1.20 bits per heavy atom. The number of aliphatic hydroxyl groups excluding tert-OH is 1. The van der Waals surface area contributed by atoms with Gasteiger partial charge in [0.1, 0.15) is 0 Å². The maximum atomic E-state index is 8.39. The van der Waals surface area contributed by atoms with Crippen molar-refractivity contribution < 1.29 is 23.7 Å². The molecule has 1 rings (SSSR count). The third kappa shape index (κ3) is 3.07. The molecule has 2 heteroatoms. The molecule has 0 spiro atoms. The van der Waals surface area contributed by atoms with E-state index in [1.807, 2.05) is 30.3 Å². The van der Waals surface area contributed by atoms with E-state index in [2.05, 4.69) is 0 Å². The first-order valence-electron chi connectivity index (χ1n) is 2.93. The van der Waals surface area contributed by atoms with Crippen LogP contribution in [0.5, 0.6) is 0 Å². The first kappa shape index (κ1) is 9.76. The van der Waals surface area contributed by atoms with Gasteiger partial charge in [0.05, 0.1) is 0 Å². The summed E-state index contributed by atoms with van der Waals surface area (Å²) in [6.45, 7) is 1.16. The van der Waals surface area contributed by atoms with Crippen LogP contribution in [-0.2, 0) is 25.0 Å². The van der Waals surface area contributed by atoms with Gasteiger partial charge in [-0.2, -0.15) is 0 Å². The molecule has 0 unspecified atom stereocenters. The molecule has 0 aromatic heterocycles. The summed E-state index contributed by atoms with van der Waals surface area (Å²) >= 11 is 0. The predicted octanol–water partition coefficient (Wildman–Crippen LogP) is 1.76. The molecule has 10 heavy (non-hydrogen) atoms. The van der Waals surface area contributed by atoms with Gasteiger partial charge in [0.15, 0.2) is 0 Å². The molecule has 1 aromatic rings. The first-order valence-corrected chi connectivity index (χ1v) is 2.93. The van der Waals surface area contributed by atoms with Crippen LogP contribution in [0, 0.1) is 6.61 Å². The molecule has 53 valence electrons. The van der Waals surface area contributed by atoms with Crippen molar-refractivity contribution >= 4 is 0 Å². The van der Waals surface area contributed by atoms with Gasteiger partial charge >= 0.3 is 0 Å². The Hall–Kier alpha value is -0.236.